The number of pyridine rings is 1. The monoisotopic (exact) mass is 396 g/mol. The first-order chi connectivity index (χ1) is 14.0. The highest BCUT2D eigenvalue weighted by Crippen LogP contribution is 2.24. The number of carbonyl (C=O) groups excluding carboxylic acids is 2. The highest BCUT2D eigenvalue weighted by Gasteiger charge is 2.23. The number of anilines is 1. The standard InChI is InChI=1S/C21H24N4O4/c1-14-5-6-25(8-7-24-9-11-29-12-10-24)21(28)18(14)20(27)23-17-4-2-3-15-16(17)13-22-19(15)26/h2-6H,7-13H2,1H3,(H,22,26)(H,23,27). The molecule has 8 heteroatoms. The lowest BCUT2D eigenvalue weighted by atomic mass is 10.1. The molecular weight excluding hydrogens is 372 g/mol. The molecule has 0 radical (unpaired) electrons. The van der Waals surface area contributed by atoms with Crippen LogP contribution in [0.25, 0.3) is 0 Å². The summed E-state index contributed by atoms with van der Waals surface area (Å²) in [7, 11) is 0. The van der Waals surface area contributed by atoms with Gasteiger partial charge in [0.2, 0.25) is 0 Å². The Morgan fingerprint density at radius 1 is 1.17 bits per heavy atom. The maximum absolute atomic E-state index is 13.0. The molecule has 152 valence electrons. The second kappa shape index (κ2) is 8.18. The van der Waals surface area contributed by atoms with Crippen molar-refractivity contribution in [2.24, 2.45) is 0 Å². The average molecular weight is 396 g/mol. The van der Waals surface area contributed by atoms with Crippen LogP contribution in [0.15, 0.2) is 35.3 Å². The summed E-state index contributed by atoms with van der Waals surface area (Å²) in [5.41, 5.74) is 2.29. The van der Waals surface area contributed by atoms with E-state index in [9.17, 15) is 14.4 Å². The molecule has 3 heterocycles. The maximum atomic E-state index is 13.0. The van der Waals surface area contributed by atoms with E-state index >= 15 is 0 Å². The molecule has 1 fully saturated rings. The van der Waals surface area contributed by atoms with E-state index in [4.69, 9.17) is 4.74 Å². The van der Waals surface area contributed by atoms with Crippen molar-refractivity contribution in [1.29, 1.82) is 0 Å². The third-order valence-electron chi connectivity index (χ3n) is 5.46. The van der Waals surface area contributed by atoms with Crippen LogP contribution < -0.4 is 16.2 Å². The van der Waals surface area contributed by atoms with Gasteiger partial charge >= 0.3 is 0 Å². The summed E-state index contributed by atoms with van der Waals surface area (Å²) in [4.78, 5) is 40.0. The Hall–Kier alpha value is -2.97. The summed E-state index contributed by atoms with van der Waals surface area (Å²) in [5.74, 6) is -0.613. The molecule has 1 aromatic heterocycles. The Morgan fingerprint density at radius 2 is 1.97 bits per heavy atom. The summed E-state index contributed by atoms with van der Waals surface area (Å²) in [6, 6.07) is 6.97. The first-order valence-electron chi connectivity index (χ1n) is 9.76. The quantitative estimate of drug-likeness (QED) is 0.786. The van der Waals surface area contributed by atoms with Crippen molar-refractivity contribution in [3.05, 3.63) is 63.1 Å². The van der Waals surface area contributed by atoms with Crippen LogP contribution in [0.3, 0.4) is 0 Å². The van der Waals surface area contributed by atoms with Gasteiger partial charge in [-0.1, -0.05) is 6.07 Å². The van der Waals surface area contributed by atoms with Gasteiger partial charge < -0.3 is 19.9 Å². The van der Waals surface area contributed by atoms with E-state index in [1.165, 1.54) is 0 Å². The number of carbonyl (C=O) groups is 2. The minimum absolute atomic E-state index is 0.129. The van der Waals surface area contributed by atoms with E-state index in [1.807, 2.05) is 0 Å². The van der Waals surface area contributed by atoms with Crippen LogP contribution in [-0.2, 0) is 17.8 Å². The van der Waals surface area contributed by atoms with Gasteiger partial charge in [0.15, 0.2) is 0 Å². The van der Waals surface area contributed by atoms with Crippen molar-refractivity contribution in [1.82, 2.24) is 14.8 Å². The number of amides is 2. The Labute approximate surface area is 168 Å². The number of benzene rings is 1. The van der Waals surface area contributed by atoms with Crippen molar-refractivity contribution in [2.45, 2.75) is 20.0 Å². The van der Waals surface area contributed by atoms with E-state index in [0.717, 1.165) is 25.2 Å². The molecule has 4 rings (SSSR count). The number of morpholine rings is 1. The Balaban J connectivity index is 1.54. The number of nitrogens with zero attached hydrogens (tertiary/aromatic N) is 2. The molecule has 0 atom stereocenters. The summed E-state index contributed by atoms with van der Waals surface area (Å²) < 4.78 is 6.93. The average Bonchev–Trinajstić information content (AvgIpc) is 3.10. The lowest BCUT2D eigenvalue weighted by molar-refractivity contribution is 0.0363. The normalized spacial score (nSPS) is 16.4. The molecule has 1 saturated heterocycles. The largest absolute Gasteiger partial charge is 0.379 e. The smallest absolute Gasteiger partial charge is 0.263 e. The molecular formula is C21H24N4O4. The molecule has 29 heavy (non-hydrogen) atoms. The Bertz CT molecular complexity index is 1010. The topological polar surface area (TPSA) is 92.7 Å². The minimum atomic E-state index is -0.457. The summed E-state index contributed by atoms with van der Waals surface area (Å²) >= 11 is 0. The molecule has 8 nitrogen and oxygen atoms in total. The fourth-order valence-corrected chi connectivity index (χ4v) is 3.75. The molecule has 2 aliphatic heterocycles. The maximum Gasteiger partial charge on any atom is 0.263 e. The molecule has 0 spiro atoms. The highest BCUT2D eigenvalue weighted by atomic mass is 16.5. The van der Waals surface area contributed by atoms with E-state index in [0.29, 0.717) is 43.1 Å². The molecule has 0 unspecified atom stereocenters. The molecule has 2 aliphatic rings. The van der Waals surface area contributed by atoms with Crippen molar-refractivity contribution in [2.75, 3.05) is 38.2 Å². The van der Waals surface area contributed by atoms with Crippen molar-refractivity contribution in [3.63, 3.8) is 0 Å². The zero-order valence-corrected chi connectivity index (χ0v) is 16.4. The summed E-state index contributed by atoms with van der Waals surface area (Å²) in [6.07, 6.45) is 1.73. The van der Waals surface area contributed by atoms with Crippen LogP contribution in [0, 0.1) is 6.92 Å². The van der Waals surface area contributed by atoms with Gasteiger partial charge in [-0.05, 0) is 30.7 Å². The van der Waals surface area contributed by atoms with E-state index in [-0.39, 0.29) is 17.0 Å². The molecule has 0 saturated carbocycles. The highest BCUT2D eigenvalue weighted by molar-refractivity contribution is 6.07. The van der Waals surface area contributed by atoms with Crippen molar-refractivity contribution < 1.29 is 14.3 Å². The van der Waals surface area contributed by atoms with Gasteiger partial charge in [0, 0.05) is 55.7 Å². The van der Waals surface area contributed by atoms with Gasteiger partial charge in [-0.25, -0.2) is 0 Å². The molecule has 0 aliphatic carbocycles. The predicted octanol–water partition coefficient (Wildman–Crippen LogP) is 0.985. The Kier molecular flexibility index (Phi) is 5.46. The van der Waals surface area contributed by atoms with Gasteiger partial charge in [-0.3, -0.25) is 19.3 Å². The number of ether oxygens (including phenoxy) is 1. The summed E-state index contributed by atoms with van der Waals surface area (Å²) in [5, 5.41) is 5.57. The second-order valence-electron chi connectivity index (χ2n) is 7.29. The molecule has 0 bridgehead atoms. The zero-order chi connectivity index (χ0) is 20.4. The van der Waals surface area contributed by atoms with Crippen LogP contribution in [0.1, 0.15) is 31.8 Å². The van der Waals surface area contributed by atoms with Gasteiger partial charge in [-0.15, -0.1) is 0 Å². The van der Waals surface area contributed by atoms with Crippen LogP contribution in [0.2, 0.25) is 0 Å². The molecule has 2 aromatic rings. The van der Waals surface area contributed by atoms with Crippen molar-refractivity contribution in [3.8, 4) is 0 Å². The van der Waals surface area contributed by atoms with E-state index in [2.05, 4.69) is 15.5 Å². The van der Waals surface area contributed by atoms with E-state index in [1.54, 1.807) is 42.0 Å². The number of fused-ring (bicyclic) bond motifs is 1. The fraction of sp³-hybridized carbons (Fsp3) is 0.381. The number of hydrogen-bond donors (Lipinski definition) is 2. The first-order valence-corrected chi connectivity index (χ1v) is 9.76. The van der Waals surface area contributed by atoms with Crippen LogP contribution >= 0.6 is 0 Å². The molecule has 2 amide bonds. The second-order valence-corrected chi connectivity index (χ2v) is 7.29. The van der Waals surface area contributed by atoms with Crippen LogP contribution in [0.4, 0.5) is 5.69 Å². The van der Waals surface area contributed by atoms with Crippen LogP contribution in [-0.4, -0.2) is 54.1 Å². The van der Waals surface area contributed by atoms with Gasteiger partial charge in [-0.2, -0.15) is 0 Å². The summed E-state index contributed by atoms with van der Waals surface area (Å²) in [6.45, 7) is 6.46. The number of hydrogen-bond acceptors (Lipinski definition) is 5. The number of rotatable bonds is 5. The van der Waals surface area contributed by atoms with E-state index < -0.39 is 5.91 Å². The third-order valence-corrected chi connectivity index (χ3v) is 5.46. The Morgan fingerprint density at radius 3 is 2.76 bits per heavy atom. The SMILES string of the molecule is Cc1ccn(CCN2CCOCC2)c(=O)c1C(=O)Nc1cccc2c1CNC2=O. The third kappa shape index (κ3) is 3.94. The van der Waals surface area contributed by atoms with Gasteiger partial charge in [0.1, 0.15) is 5.56 Å². The fourth-order valence-electron chi connectivity index (χ4n) is 3.75. The number of aromatic nitrogens is 1. The molecule has 1 aromatic carbocycles. The number of nitrogens with one attached hydrogen (secondary N) is 2. The minimum Gasteiger partial charge on any atom is -0.379 e. The molecule has 2 N–H and O–H groups in total. The predicted molar refractivity (Wildman–Crippen MR) is 108 cm³/mol. The zero-order valence-electron chi connectivity index (χ0n) is 16.4. The lowest BCUT2D eigenvalue weighted by Gasteiger charge is -2.26. The van der Waals surface area contributed by atoms with Crippen molar-refractivity contribution >= 4 is 17.5 Å². The lowest BCUT2D eigenvalue weighted by Crippen LogP contribution is -2.40. The van der Waals surface area contributed by atoms with Gasteiger partial charge in [0.25, 0.3) is 17.4 Å². The van der Waals surface area contributed by atoms with Crippen LogP contribution in [0.5, 0.6) is 0 Å². The first kappa shape index (κ1) is 19.4. The number of aryl methyl sites for hydroxylation is 1. The van der Waals surface area contributed by atoms with Gasteiger partial charge in [0.05, 0.1) is 13.2 Å².